The summed E-state index contributed by atoms with van der Waals surface area (Å²) in [7, 11) is 0. The van der Waals surface area contributed by atoms with Crippen molar-refractivity contribution in [1.82, 2.24) is 24.5 Å². The van der Waals surface area contributed by atoms with Crippen LogP contribution in [0.25, 0.3) is 0 Å². The molecule has 0 saturated heterocycles. The van der Waals surface area contributed by atoms with Crippen LogP contribution in [0.3, 0.4) is 0 Å². The highest BCUT2D eigenvalue weighted by molar-refractivity contribution is 6.04. The van der Waals surface area contributed by atoms with Crippen LogP contribution in [0, 0.1) is 6.92 Å². The third-order valence-corrected chi connectivity index (χ3v) is 7.01. The van der Waals surface area contributed by atoms with Crippen LogP contribution in [0.15, 0.2) is 71.5 Å². The third kappa shape index (κ3) is 9.13. The molecule has 0 radical (unpaired) electrons. The lowest BCUT2D eigenvalue weighted by molar-refractivity contribution is 0.102. The molecule has 0 aliphatic rings. The van der Waals surface area contributed by atoms with E-state index >= 15 is 0 Å². The quantitative estimate of drug-likeness (QED) is 0.166. The molecule has 41 heavy (non-hydrogen) atoms. The summed E-state index contributed by atoms with van der Waals surface area (Å²) in [5, 5.41) is 7.24. The second-order valence-electron chi connectivity index (χ2n) is 10.7. The maximum atomic E-state index is 13.0. The number of imidazole rings is 1. The van der Waals surface area contributed by atoms with Gasteiger partial charge < -0.3 is 14.4 Å². The molecule has 2 heterocycles. The molecule has 0 fully saturated rings. The number of hydrogen-bond donors (Lipinski definition) is 1. The van der Waals surface area contributed by atoms with Crippen molar-refractivity contribution in [2.24, 2.45) is 0 Å². The number of amides is 1. The Labute approximate surface area is 244 Å². The van der Waals surface area contributed by atoms with Crippen molar-refractivity contribution < 1.29 is 9.32 Å². The minimum absolute atomic E-state index is 0.112. The van der Waals surface area contributed by atoms with Gasteiger partial charge in [-0.15, -0.1) is 0 Å². The number of hydrogen-bond acceptors (Lipinski definition) is 6. The number of rotatable bonds is 16. The number of carbonyl (C=O) groups is 1. The van der Waals surface area contributed by atoms with Gasteiger partial charge in [0, 0.05) is 55.9 Å². The van der Waals surface area contributed by atoms with Gasteiger partial charge in [-0.25, -0.2) is 4.98 Å². The van der Waals surface area contributed by atoms with Crippen molar-refractivity contribution in [3.63, 3.8) is 0 Å². The van der Waals surface area contributed by atoms with E-state index in [1.807, 2.05) is 61.8 Å². The molecule has 0 saturated carbocycles. The standard InChI is InChI=1S/C33H44N6O2/c1-5-17-37(18-6-2)22-28-10-14-30(15-11-28)35-33(40)29-12-8-27(9-13-29)23-38(24-31-21-26(4)41-36-31)25-32-34-16-20-39(32)19-7-3/h8-16,20-21H,5-7,17-19,22-25H2,1-4H3,(H,35,40). The summed E-state index contributed by atoms with van der Waals surface area (Å²) in [6.07, 6.45) is 7.24. The van der Waals surface area contributed by atoms with E-state index < -0.39 is 0 Å². The minimum Gasteiger partial charge on any atom is -0.361 e. The number of nitrogens with one attached hydrogen (secondary N) is 1. The first kappa shape index (κ1) is 30.2. The summed E-state index contributed by atoms with van der Waals surface area (Å²) in [5.74, 6) is 1.71. The van der Waals surface area contributed by atoms with Crippen LogP contribution in [-0.4, -0.2) is 43.5 Å². The second-order valence-corrected chi connectivity index (χ2v) is 10.7. The highest BCUT2D eigenvalue weighted by Crippen LogP contribution is 2.17. The summed E-state index contributed by atoms with van der Waals surface area (Å²) in [4.78, 5) is 22.3. The van der Waals surface area contributed by atoms with Crippen LogP contribution in [0.1, 0.15) is 78.8 Å². The Hall–Kier alpha value is -3.75. The normalized spacial score (nSPS) is 11.5. The molecule has 8 heteroatoms. The minimum atomic E-state index is -0.112. The molecular formula is C33H44N6O2. The van der Waals surface area contributed by atoms with Gasteiger partial charge in [0.05, 0.1) is 12.2 Å². The molecule has 4 aromatic rings. The molecule has 0 bridgehead atoms. The zero-order valence-electron chi connectivity index (χ0n) is 25.0. The molecular weight excluding hydrogens is 512 g/mol. The van der Waals surface area contributed by atoms with Crippen molar-refractivity contribution in [1.29, 1.82) is 0 Å². The Balaban J connectivity index is 1.38. The van der Waals surface area contributed by atoms with Crippen molar-refractivity contribution in [2.45, 2.75) is 79.7 Å². The van der Waals surface area contributed by atoms with E-state index in [1.165, 1.54) is 5.56 Å². The molecule has 4 rings (SSSR count). The van der Waals surface area contributed by atoms with Crippen LogP contribution in [0.2, 0.25) is 0 Å². The van der Waals surface area contributed by atoms with Gasteiger partial charge in [-0.3, -0.25) is 14.6 Å². The van der Waals surface area contributed by atoms with E-state index in [1.54, 1.807) is 0 Å². The third-order valence-electron chi connectivity index (χ3n) is 7.01. The van der Waals surface area contributed by atoms with Gasteiger partial charge in [0.25, 0.3) is 5.91 Å². The summed E-state index contributed by atoms with van der Waals surface area (Å²) in [6.45, 7) is 14.6. The Morgan fingerprint density at radius 1 is 0.854 bits per heavy atom. The first-order valence-corrected chi connectivity index (χ1v) is 14.8. The SMILES string of the molecule is CCCN(CCC)Cc1ccc(NC(=O)c2ccc(CN(Cc3cc(C)on3)Cc3nccn3CCC)cc2)cc1. The van der Waals surface area contributed by atoms with Crippen LogP contribution in [0.5, 0.6) is 0 Å². The van der Waals surface area contributed by atoms with E-state index in [4.69, 9.17) is 4.52 Å². The molecule has 0 unspecified atom stereocenters. The first-order chi connectivity index (χ1) is 20.0. The molecule has 1 amide bonds. The number of nitrogens with zero attached hydrogens (tertiary/aromatic N) is 5. The topological polar surface area (TPSA) is 79.4 Å². The molecule has 2 aromatic heterocycles. The second kappa shape index (κ2) is 15.3. The van der Waals surface area contributed by atoms with Gasteiger partial charge in [0.2, 0.25) is 0 Å². The van der Waals surface area contributed by atoms with Crippen LogP contribution in [-0.2, 0) is 32.7 Å². The zero-order valence-corrected chi connectivity index (χ0v) is 25.0. The summed E-state index contributed by atoms with van der Waals surface area (Å²) < 4.78 is 7.50. The predicted molar refractivity (Wildman–Crippen MR) is 163 cm³/mol. The number of aromatic nitrogens is 3. The van der Waals surface area contributed by atoms with Crippen LogP contribution < -0.4 is 5.32 Å². The summed E-state index contributed by atoms with van der Waals surface area (Å²) in [5.41, 5.74) is 4.70. The van der Waals surface area contributed by atoms with Gasteiger partial charge in [0.1, 0.15) is 11.6 Å². The van der Waals surface area contributed by atoms with Crippen molar-refractivity contribution in [2.75, 3.05) is 18.4 Å². The van der Waals surface area contributed by atoms with E-state index in [9.17, 15) is 4.79 Å². The average Bonchev–Trinajstić information content (AvgIpc) is 3.58. The fourth-order valence-electron chi connectivity index (χ4n) is 5.10. The van der Waals surface area contributed by atoms with Gasteiger partial charge in [-0.2, -0.15) is 0 Å². The maximum absolute atomic E-state index is 13.0. The van der Waals surface area contributed by atoms with Gasteiger partial charge in [-0.05, 0) is 74.7 Å². The maximum Gasteiger partial charge on any atom is 0.255 e. The van der Waals surface area contributed by atoms with Gasteiger partial charge in [-0.1, -0.05) is 50.2 Å². The zero-order chi connectivity index (χ0) is 29.0. The molecule has 0 aliphatic carbocycles. The Bertz CT molecular complexity index is 1340. The Morgan fingerprint density at radius 3 is 2.12 bits per heavy atom. The molecule has 0 aliphatic heterocycles. The van der Waals surface area contributed by atoms with Gasteiger partial charge in [0.15, 0.2) is 0 Å². The molecule has 218 valence electrons. The van der Waals surface area contributed by atoms with Crippen molar-refractivity contribution in [3.8, 4) is 0 Å². The smallest absolute Gasteiger partial charge is 0.255 e. The molecule has 2 aromatic carbocycles. The number of carbonyl (C=O) groups excluding carboxylic acids is 1. The Morgan fingerprint density at radius 2 is 1.51 bits per heavy atom. The van der Waals surface area contributed by atoms with E-state index in [-0.39, 0.29) is 5.91 Å². The van der Waals surface area contributed by atoms with Gasteiger partial charge >= 0.3 is 0 Å². The lowest BCUT2D eigenvalue weighted by atomic mass is 10.1. The van der Waals surface area contributed by atoms with Crippen LogP contribution in [0.4, 0.5) is 5.69 Å². The predicted octanol–water partition coefficient (Wildman–Crippen LogP) is 6.67. The number of anilines is 1. The average molecular weight is 557 g/mol. The largest absolute Gasteiger partial charge is 0.361 e. The van der Waals surface area contributed by atoms with Crippen LogP contribution >= 0.6 is 0 Å². The molecule has 8 nitrogen and oxygen atoms in total. The summed E-state index contributed by atoms with van der Waals surface area (Å²) >= 11 is 0. The lowest BCUT2D eigenvalue weighted by Crippen LogP contribution is -2.25. The van der Waals surface area contributed by atoms with Crippen molar-refractivity contribution >= 4 is 11.6 Å². The highest BCUT2D eigenvalue weighted by Gasteiger charge is 2.15. The fourth-order valence-corrected chi connectivity index (χ4v) is 5.10. The van der Waals surface area contributed by atoms with E-state index in [0.29, 0.717) is 25.2 Å². The van der Waals surface area contributed by atoms with E-state index in [2.05, 4.69) is 62.7 Å². The monoisotopic (exact) mass is 556 g/mol. The molecule has 0 spiro atoms. The number of benzene rings is 2. The first-order valence-electron chi connectivity index (χ1n) is 14.8. The lowest BCUT2D eigenvalue weighted by Gasteiger charge is -2.22. The molecule has 0 atom stereocenters. The fraction of sp³-hybridized carbons (Fsp3) is 0.424. The number of aryl methyl sites for hydroxylation is 2. The van der Waals surface area contributed by atoms with Crippen molar-refractivity contribution in [3.05, 3.63) is 101 Å². The summed E-state index contributed by atoms with van der Waals surface area (Å²) in [6, 6.07) is 18.0. The molecule has 1 N–H and O–H groups in total. The Kier molecular flexibility index (Phi) is 11.3. The highest BCUT2D eigenvalue weighted by atomic mass is 16.5. The van der Waals surface area contributed by atoms with E-state index in [0.717, 1.165) is 74.0 Å².